The van der Waals surface area contributed by atoms with Crippen molar-refractivity contribution >= 4 is 11.7 Å². The molecule has 2 rings (SSSR count). The van der Waals surface area contributed by atoms with Crippen molar-refractivity contribution in [3.05, 3.63) is 60.2 Å². The van der Waals surface area contributed by atoms with Gasteiger partial charge >= 0.3 is 5.97 Å². The summed E-state index contributed by atoms with van der Waals surface area (Å²) in [6, 6.07) is 9.60. The number of methoxy groups -OCH3 is 1. The molecular formula is C15H15FN2O2. The number of nitrogens with zero attached hydrogens (tertiary/aromatic N) is 1. The summed E-state index contributed by atoms with van der Waals surface area (Å²) in [5.41, 5.74) is -0.398. The number of aromatic nitrogens is 1. The van der Waals surface area contributed by atoms with Gasteiger partial charge in [-0.1, -0.05) is 18.2 Å². The summed E-state index contributed by atoms with van der Waals surface area (Å²) in [6.07, 6.45) is 3.15. The van der Waals surface area contributed by atoms with Crippen LogP contribution in [0.15, 0.2) is 48.8 Å². The van der Waals surface area contributed by atoms with E-state index in [-0.39, 0.29) is 5.69 Å². The number of pyridine rings is 1. The molecule has 0 aliphatic heterocycles. The lowest BCUT2D eigenvalue weighted by atomic mass is 9.93. The van der Waals surface area contributed by atoms with Crippen LogP contribution in [0.5, 0.6) is 0 Å². The molecule has 0 aliphatic carbocycles. The van der Waals surface area contributed by atoms with Crippen LogP contribution in [-0.2, 0) is 15.1 Å². The molecule has 1 aromatic carbocycles. The molecule has 1 unspecified atom stereocenters. The number of ether oxygens (including phenoxy) is 1. The van der Waals surface area contributed by atoms with Crippen molar-refractivity contribution in [1.82, 2.24) is 4.98 Å². The summed E-state index contributed by atoms with van der Waals surface area (Å²) in [6.45, 7) is 1.63. The zero-order valence-corrected chi connectivity index (χ0v) is 11.3. The minimum Gasteiger partial charge on any atom is -0.467 e. The van der Waals surface area contributed by atoms with Gasteiger partial charge in [0.2, 0.25) is 0 Å². The standard InChI is InChI=1S/C15H15FN2O2/c1-15(14(19)20-2,11-6-5-9-17-10-11)18-13-8-4-3-7-12(13)16/h3-10,18H,1-2H3. The van der Waals surface area contributed by atoms with E-state index < -0.39 is 17.3 Å². The third-order valence-corrected chi connectivity index (χ3v) is 3.09. The second kappa shape index (κ2) is 5.69. The molecule has 1 heterocycles. The number of carbonyl (C=O) groups excluding carboxylic acids is 1. The first-order valence-electron chi connectivity index (χ1n) is 6.09. The Bertz CT molecular complexity index is 604. The number of halogens is 1. The zero-order chi connectivity index (χ0) is 14.6. The number of esters is 1. The second-order valence-corrected chi connectivity index (χ2v) is 4.46. The van der Waals surface area contributed by atoms with Gasteiger partial charge in [-0.3, -0.25) is 4.98 Å². The molecule has 1 aromatic heterocycles. The summed E-state index contributed by atoms with van der Waals surface area (Å²) in [5, 5.41) is 2.90. The van der Waals surface area contributed by atoms with Gasteiger partial charge in [0, 0.05) is 18.0 Å². The van der Waals surface area contributed by atoms with E-state index in [1.807, 2.05) is 0 Å². The van der Waals surface area contributed by atoms with Gasteiger partial charge < -0.3 is 10.1 Å². The van der Waals surface area contributed by atoms with Crippen LogP contribution in [0.3, 0.4) is 0 Å². The fraction of sp³-hybridized carbons (Fsp3) is 0.200. The highest BCUT2D eigenvalue weighted by molar-refractivity contribution is 5.85. The number of para-hydroxylation sites is 1. The molecule has 0 saturated heterocycles. The lowest BCUT2D eigenvalue weighted by molar-refractivity contribution is -0.145. The van der Waals surface area contributed by atoms with Crippen LogP contribution < -0.4 is 5.32 Å². The third kappa shape index (κ3) is 2.61. The lowest BCUT2D eigenvalue weighted by Gasteiger charge is -2.29. The van der Waals surface area contributed by atoms with Crippen molar-refractivity contribution in [1.29, 1.82) is 0 Å². The molecule has 5 heteroatoms. The molecule has 0 radical (unpaired) electrons. The minimum atomic E-state index is -1.22. The van der Waals surface area contributed by atoms with Crippen LogP contribution in [0, 0.1) is 5.82 Å². The zero-order valence-electron chi connectivity index (χ0n) is 11.3. The predicted octanol–water partition coefficient (Wildman–Crippen LogP) is 2.72. The Balaban J connectivity index is 2.44. The first-order valence-corrected chi connectivity index (χ1v) is 6.09. The van der Waals surface area contributed by atoms with E-state index in [4.69, 9.17) is 4.74 Å². The fourth-order valence-electron chi connectivity index (χ4n) is 1.94. The maximum Gasteiger partial charge on any atom is 0.335 e. The Morgan fingerprint density at radius 2 is 2.05 bits per heavy atom. The Morgan fingerprint density at radius 1 is 1.30 bits per heavy atom. The van der Waals surface area contributed by atoms with Crippen LogP contribution in [-0.4, -0.2) is 18.1 Å². The van der Waals surface area contributed by atoms with Gasteiger partial charge in [0.05, 0.1) is 12.8 Å². The number of hydrogen-bond acceptors (Lipinski definition) is 4. The largest absolute Gasteiger partial charge is 0.467 e. The highest BCUT2D eigenvalue weighted by Crippen LogP contribution is 2.28. The topological polar surface area (TPSA) is 51.2 Å². The van der Waals surface area contributed by atoms with Crippen molar-refractivity contribution in [2.24, 2.45) is 0 Å². The summed E-state index contributed by atoms with van der Waals surface area (Å²) in [4.78, 5) is 16.1. The van der Waals surface area contributed by atoms with Gasteiger partial charge in [-0.2, -0.15) is 0 Å². The molecule has 0 amide bonds. The average Bonchev–Trinajstić information content (AvgIpc) is 2.49. The van der Waals surface area contributed by atoms with E-state index in [0.29, 0.717) is 5.56 Å². The van der Waals surface area contributed by atoms with E-state index in [1.54, 1.807) is 49.6 Å². The van der Waals surface area contributed by atoms with Gasteiger partial charge in [0.1, 0.15) is 5.82 Å². The van der Waals surface area contributed by atoms with Gasteiger partial charge in [-0.05, 0) is 25.1 Å². The van der Waals surface area contributed by atoms with Crippen molar-refractivity contribution < 1.29 is 13.9 Å². The van der Waals surface area contributed by atoms with Gasteiger partial charge in [-0.15, -0.1) is 0 Å². The smallest absolute Gasteiger partial charge is 0.335 e. The van der Waals surface area contributed by atoms with E-state index in [9.17, 15) is 9.18 Å². The first-order chi connectivity index (χ1) is 9.58. The SMILES string of the molecule is COC(=O)C(C)(Nc1ccccc1F)c1cccnc1. The minimum absolute atomic E-state index is 0.226. The Hall–Kier alpha value is -2.43. The average molecular weight is 274 g/mol. The van der Waals surface area contributed by atoms with Gasteiger partial charge in [-0.25, -0.2) is 9.18 Å². The van der Waals surface area contributed by atoms with E-state index in [1.165, 1.54) is 13.2 Å². The second-order valence-electron chi connectivity index (χ2n) is 4.46. The Morgan fingerprint density at radius 3 is 2.65 bits per heavy atom. The fourth-order valence-corrected chi connectivity index (χ4v) is 1.94. The molecule has 1 N–H and O–H groups in total. The Labute approximate surface area is 116 Å². The number of anilines is 1. The quantitative estimate of drug-likeness (QED) is 0.871. The van der Waals surface area contributed by atoms with E-state index in [2.05, 4.69) is 10.3 Å². The van der Waals surface area contributed by atoms with Crippen LogP contribution >= 0.6 is 0 Å². The van der Waals surface area contributed by atoms with Crippen LogP contribution in [0.2, 0.25) is 0 Å². The molecule has 0 fully saturated rings. The van der Waals surface area contributed by atoms with Crippen molar-refractivity contribution in [3.8, 4) is 0 Å². The lowest BCUT2D eigenvalue weighted by Crippen LogP contribution is -2.41. The molecule has 0 spiro atoms. The maximum atomic E-state index is 13.8. The normalized spacial score (nSPS) is 13.3. The van der Waals surface area contributed by atoms with E-state index >= 15 is 0 Å². The summed E-state index contributed by atoms with van der Waals surface area (Å²) < 4.78 is 18.6. The molecule has 104 valence electrons. The molecule has 4 nitrogen and oxygen atoms in total. The summed E-state index contributed by atoms with van der Waals surface area (Å²) >= 11 is 0. The monoisotopic (exact) mass is 274 g/mol. The molecule has 0 aliphatic rings. The number of hydrogen-bond donors (Lipinski definition) is 1. The molecule has 0 saturated carbocycles. The predicted molar refractivity (Wildman–Crippen MR) is 73.6 cm³/mol. The molecule has 2 aromatic rings. The number of benzene rings is 1. The van der Waals surface area contributed by atoms with Crippen LogP contribution in [0.4, 0.5) is 10.1 Å². The number of carbonyl (C=O) groups is 1. The highest BCUT2D eigenvalue weighted by atomic mass is 19.1. The number of nitrogens with one attached hydrogen (secondary N) is 1. The molecule has 0 bridgehead atoms. The van der Waals surface area contributed by atoms with Crippen molar-refractivity contribution in [2.45, 2.75) is 12.5 Å². The molecule has 20 heavy (non-hydrogen) atoms. The maximum absolute atomic E-state index is 13.8. The first kappa shape index (κ1) is 14.0. The third-order valence-electron chi connectivity index (χ3n) is 3.09. The van der Waals surface area contributed by atoms with Gasteiger partial charge in [0.25, 0.3) is 0 Å². The number of rotatable bonds is 4. The van der Waals surface area contributed by atoms with Crippen LogP contribution in [0.1, 0.15) is 12.5 Å². The Kier molecular flexibility index (Phi) is 3.98. The highest BCUT2D eigenvalue weighted by Gasteiger charge is 2.37. The van der Waals surface area contributed by atoms with Crippen LogP contribution in [0.25, 0.3) is 0 Å². The van der Waals surface area contributed by atoms with E-state index in [0.717, 1.165) is 0 Å². The van der Waals surface area contributed by atoms with Gasteiger partial charge in [0.15, 0.2) is 5.54 Å². The molecule has 1 atom stereocenters. The summed E-state index contributed by atoms with van der Waals surface area (Å²) in [5.74, 6) is -0.958. The summed E-state index contributed by atoms with van der Waals surface area (Å²) in [7, 11) is 1.29. The van der Waals surface area contributed by atoms with Crippen molar-refractivity contribution in [3.63, 3.8) is 0 Å². The van der Waals surface area contributed by atoms with Crippen molar-refractivity contribution in [2.75, 3.05) is 12.4 Å². The molecular weight excluding hydrogens is 259 g/mol.